The van der Waals surface area contributed by atoms with Crippen molar-refractivity contribution in [1.29, 1.82) is 0 Å². The molecule has 0 aliphatic carbocycles. The second-order valence-corrected chi connectivity index (χ2v) is 8.68. The summed E-state index contributed by atoms with van der Waals surface area (Å²) in [5.74, 6) is 0.182. The van der Waals surface area contributed by atoms with Gasteiger partial charge in [-0.25, -0.2) is 9.82 Å². The van der Waals surface area contributed by atoms with E-state index in [1.54, 1.807) is 42.5 Å². The van der Waals surface area contributed by atoms with Crippen LogP contribution >= 0.6 is 31.9 Å². The SMILES string of the molecule is COc1cc(/C=N/NC(=O)c2cc3cc(Br)ccc3o2)cc(Br)c1OCc1ccccc1F. The molecular formula is C24H17Br2FN2O4. The molecule has 33 heavy (non-hydrogen) atoms. The molecule has 168 valence electrons. The molecule has 0 saturated heterocycles. The second-order valence-electron chi connectivity index (χ2n) is 6.91. The fourth-order valence-corrected chi connectivity index (χ4v) is 4.02. The van der Waals surface area contributed by atoms with Crippen LogP contribution in [0.25, 0.3) is 11.0 Å². The predicted molar refractivity (Wildman–Crippen MR) is 130 cm³/mol. The number of methoxy groups -OCH3 is 1. The number of furan rings is 1. The standard InChI is InChI=1S/C24H17Br2FN2O4/c1-31-21-9-14(8-18(26)23(21)32-13-15-4-2-3-5-19(15)27)12-28-29-24(30)22-11-16-10-17(25)6-7-20(16)33-22/h2-12H,13H2,1H3,(H,29,30)/b28-12+. The summed E-state index contributed by atoms with van der Waals surface area (Å²) in [5, 5.41) is 4.80. The maximum Gasteiger partial charge on any atom is 0.307 e. The van der Waals surface area contributed by atoms with Crippen LogP contribution in [0, 0.1) is 5.82 Å². The number of fused-ring (bicyclic) bond motifs is 1. The molecule has 0 radical (unpaired) electrons. The Hall–Kier alpha value is -3.17. The zero-order chi connectivity index (χ0) is 23.4. The van der Waals surface area contributed by atoms with Crippen molar-refractivity contribution in [1.82, 2.24) is 5.43 Å². The molecule has 1 N–H and O–H groups in total. The largest absolute Gasteiger partial charge is 0.493 e. The Bertz CT molecular complexity index is 1350. The molecule has 0 saturated carbocycles. The van der Waals surface area contributed by atoms with Crippen LogP contribution in [0.1, 0.15) is 21.7 Å². The Balaban J connectivity index is 1.45. The number of hydrogen-bond acceptors (Lipinski definition) is 5. The molecule has 9 heteroatoms. The lowest BCUT2D eigenvalue weighted by Gasteiger charge is -2.14. The minimum atomic E-state index is -0.477. The number of benzene rings is 3. The Morgan fingerprint density at radius 2 is 1.97 bits per heavy atom. The molecule has 0 aliphatic heterocycles. The fourth-order valence-electron chi connectivity index (χ4n) is 3.07. The van der Waals surface area contributed by atoms with Gasteiger partial charge >= 0.3 is 5.91 Å². The van der Waals surface area contributed by atoms with Gasteiger partial charge in [0.2, 0.25) is 0 Å². The van der Waals surface area contributed by atoms with E-state index >= 15 is 0 Å². The second kappa shape index (κ2) is 10.2. The highest BCUT2D eigenvalue weighted by Crippen LogP contribution is 2.37. The van der Waals surface area contributed by atoms with Crippen LogP contribution in [0.2, 0.25) is 0 Å². The molecule has 0 unspecified atom stereocenters. The van der Waals surface area contributed by atoms with E-state index in [1.807, 2.05) is 12.1 Å². The van der Waals surface area contributed by atoms with Gasteiger partial charge in [0.15, 0.2) is 17.3 Å². The summed E-state index contributed by atoms with van der Waals surface area (Å²) < 4.78 is 32.1. The maximum absolute atomic E-state index is 13.9. The molecule has 3 aromatic carbocycles. The maximum atomic E-state index is 13.9. The number of carbonyl (C=O) groups excluding carboxylic acids is 1. The van der Waals surface area contributed by atoms with Crippen LogP contribution in [-0.2, 0) is 6.61 Å². The topological polar surface area (TPSA) is 73.1 Å². The van der Waals surface area contributed by atoms with Crippen LogP contribution < -0.4 is 14.9 Å². The van der Waals surface area contributed by atoms with E-state index in [4.69, 9.17) is 13.9 Å². The van der Waals surface area contributed by atoms with Crippen molar-refractivity contribution in [3.8, 4) is 11.5 Å². The number of amides is 1. The van der Waals surface area contributed by atoms with Gasteiger partial charge in [0.25, 0.3) is 0 Å². The highest BCUT2D eigenvalue weighted by Gasteiger charge is 2.14. The molecule has 0 bridgehead atoms. The van der Waals surface area contributed by atoms with Crippen LogP contribution in [0.5, 0.6) is 11.5 Å². The van der Waals surface area contributed by atoms with Crippen LogP contribution in [-0.4, -0.2) is 19.2 Å². The van der Waals surface area contributed by atoms with Crippen molar-refractivity contribution in [3.63, 3.8) is 0 Å². The van der Waals surface area contributed by atoms with E-state index < -0.39 is 5.91 Å². The minimum absolute atomic E-state index is 0.0409. The third kappa shape index (κ3) is 5.43. The number of halogens is 3. The number of ether oxygens (including phenoxy) is 2. The third-order valence-corrected chi connectivity index (χ3v) is 5.75. The molecule has 0 spiro atoms. The molecule has 0 atom stereocenters. The van der Waals surface area contributed by atoms with E-state index in [9.17, 15) is 9.18 Å². The van der Waals surface area contributed by atoms with E-state index in [0.29, 0.717) is 32.7 Å². The van der Waals surface area contributed by atoms with Gasteiger partial charge in [-0.2, -0.15) is 5.10 Å². The van der Waals surface area contributed by atoms with E-state index in [2.05, 4.69) is 42.4 Å². The van der Waals surface area contributed by atoms with Crippen molar-refractivity contribution in [2.24, 2.45) is 5.10 Å². The van der Waals surface area contributed by atoms with Gasteiger partial charge in [-0.1, -0.05) is 34.1 Å². The lowest BCUT2D eigenvalue weighted by Crippen LogP contribution is -2.16. The van der Waals surface area contributed by atoms with Crippen molar-refractivity contribution in [3.05, 3.63) is 92.3 Å². The van der Waals surface area contributed by atoms with Gasteiger partial charge in [0.05, 0.1) is 17.8 Å². The Labute approximate surface area is 205 Å². The minimum Gasteiger partial charge on any atom is -0.493 e. The van der Waals surface area contributed by atoms with E-state index in [1.165, 1.54) is 19.4 Å². The third-order valence-electron chi connectivity index (χ3n) is 4.66. The summed E-state index contributed by atoms with van der Waals surface area (Å²) >= 11 is 6.84. The van der Waals surface area contributed by atoms with Crippen molar-refractivity contribution >= 4 is 55.0 Å². The summed E-state index contributed by atoms with van der Waals surface area (Å²) in [7, 11) is 1.50. The first-order valence-corrected chi connectivity index (χ1v) is 11.3. The Morgan fingerprint density at radius 3 is 2.76 bits per heavy atom. The highest BCUT2D eigenvalue weighted by molar-refractivity contribution is 9.10. The van der Waals surface area contributed by atoms with Crippen LogP contribution in [0.3, 0.4) is 0 Å². The predicted octanol–water partition coefficient (Wildman–Crippen LogP) is 6.45. The lowest BCUT2D eigenvalue weighted by atomic mass is 10.2. The van der Waals surface area contributed by atoms with Gasteiger partial charge in [-0.3, -0.25) is 4.79 Å². The summed E-state index contributed by atoms with van der Waals surface area (Å²) in [6, 6.07) is 16.9. The van der Waals surface area contributed by atoms with Gasteiger partial charge in [-0.05, 0) is 64.0 Å². The van der Waals surface area contributed by atoms with Crippen LogP contribution in [0.15, 0.2) is 79.1 Å². The summed E-state index contributed by atoms with van der Waals surface area (Å²) in [6.07, 6.45) is 1.46. The molecule has 1 aromatic heterocycles. The number of hydrazone groups is 1. The monoisotopic (exact) mass is 574 g/mol. The van der Waals surface area contributed by atoms with E-state index in [-0.39, 0.29) is 18.2 Å². The molecule has 1 heterocycles. The van der Waals surface area contributed by atoms with Gasteiger partial charge in [0.1, 0.15) is 18.0 Å². The first-order chi connectivity index (χ1) is 15.9. The highest BCUT2D eigenvalue weighted by atomic mass is 79.9. The average Bonchev–Trinajstić information content (AvgIpc) is 3.22. The normalized spacial score (nSPS) is 11.2. The first-order valence-electron chi connectivity index (χ1n) is 9.71. The first kappa shape index (κ1) is 23.0. The molecule has 4 rings (SSSR count). The van der Waals surface area contributed by atoms with Gasteiger partial charge in [-0.15, -0.1) is 0 Å². The average molecular weight is 576 g/mol. The molecule has 0 aliphatic rings. The Kier molecular flexibility index (Phi) is 7.10. The summed E-state index contributed by atoms with van der Waals surface area (Å²) in [4.78, 5) is 12.4. The fraction of sp³-hybridized carbons (Fsp3) is 0.0833. The molecular weight excluding hydrogens is 559 g/mol. The molecule has 4 aromatic rings. The van der Waals surface area contributed by atoms with Crippen LogP contribution in [0.4, 0.5) is 4.39 Å². The zero-order valence-electron chi connectivity index (χ0n) is 17.3. The van der Waals surface area contributed by atoms with Gasteiger partial charge < -0.3 is 13.9 Å². The molecule has 0 fully saturated rings. The number of rotatable bonds is 7. The smallest absolute Gasteiger partial charge is 0.307 e. The van der Waals surface area contributed by atoms with E-state index in [0.717, 1.165) is 9.86 Å². The zero-order valence-corrected chi connectivity index (χ0v) is 20.4. The lowest BCUT2D eigenvalue weighted by molar-refractivity contribution is 0.0929. The quantitative estimate of drug-likeness (QED) is 0.203. The van der Waals surface area contributed by atoms with Gasteiger partial charge in [0, 0.05) is 15.4 Å². The Morgan fingerprint density at radius 1 is 1.15 bits per heavy atom. The molecule has 1 amide bonds. The number of carbonyl (C=O) groups is 1. The number of nitrogens with one attached hydrogen (secondary N) is 1. The molecule has 6 nitrogen and oxygen atoms in total. The van der Waals surface area contributed by atoms with Crippen molar-refractivity contribution in [2.75, 3.05) is 7.11 Å². The van der Waals surface area contributed by atoms with Crippen molar-refractivity contribution < 1.29 is 23.1 Å². The summed E-state index contributed by atoms with van der Waals surface area (Å²) in [5.41, 5.74) is 4.12. The number of hydrogen-bond donors (Lipinski definition) is 1. The summed E-state index contributed by atoms with van der Waals surface area (Å²) in [6.45, 7) is 0.0409. The number of nitrogens with zero attached hydrogens (tertiary/aromatic N) is 1. The van der Waals surface area contributed by atoms with Crippen molar-refractivity contribution in [2.45, 2.75) is 6.61 Å².